The molecule has 3 atom stereocenters. The van der Waals surface area contributed by atoms with Crippen LogP contribution in [0.25, 0.3) is 0 Å². The molecular weight excluding hydrogens is 406 g/mol. The molecule has 1 aromatic rings. The van der Waals surface area contributed by atoms with Crippen molar-refractivity contribution in [1.82, 2.24) is 16.0 Å². The van der Waals surface area contributed by atoms with Crippen LogP contribution in [0.4, 0.5) is 0 Å². The second-order valence-corrected chi connectivity index (χ2v) is 8.01. The number of aliphatic carboxylic acids is 1. The summed E-state index contributed by atoms with van der Waals surface area (Å²) in [6, 6.07) is 2.02. The molecule has 0 aliphatic carbocycles. The second-order valence-electron chi connectivity index (χ2n) is 8.01. The number of aliphatic hydroxyl groups excluding tert-OH is 1. The molecule has 0 aliphatic heterocycles. The molecule has 0 heterocycles. The smallest absolute Gasteiger partial charge is 0.328 e. The van der Waals surface area contributed by atoms with Crippen LogP contribution in [0.15, 0.2) is 24.3 Å². The van der Waals surface area contributed by atoms with Crippen molar-refractivity contribution in [2.24, 2.45) is 11.8 Å². The fourth-order valence-corrected chi connectivity index (χ4v) is 2.79. The molecule has 0 radical (unpaired) electrons. The number of carbonyl (C=O) groups excluding carboxylic acids is 3. The molecule has 0 saturated carbocycles. The highest BCUT2D eigenvalue weighted by atomic mass is 16.4. The molecule has 1 rings (SSSR count). The summed E-state index contributed by atoms with van der Waals surface area (Å²) in [5.41, 5.74) is 0.250. The van der Waals surface area contributed by atoms with E-state index in [9.17, 15) is 24.3 Å². The Morgan fingerprint density at radius 1 is 0.871 bits per heavy atom. The lowest BCUT2D eigenvalue weighted by atomic mass is 9.99. The number of carboxylic acids is 1. The quantitative estimate of drug-likeness (QED) is 0.288. The van der Waals surface area contributed by atoms with Gasteiger partial charge in [0.15, 0.2) is 0 Å². The maximum atomic E-state index is 12.9. The van der Waals surface area contributed by atoms with Crippen molar-refractivity contribution >= 4 is 23.7 Å². The number of hydrogen-bond donors (Lipinski definition) is 6. The highest BCUT2D eigenvalue weighted by molar-refractivity contribution is 5.98. The van der Waals surface area contributed by atoms with Gasteiger partial charge in [-0.2, -0.15) is 0 Å². The molecular formula is C21H31N3O7. The van der Waals surface area contributed by atoms with Crippen molar-refractivity contribution in [2.75, 3.05) is 6.61 Å². The molecule has 0 unspecified atom stereocenters. The van der Waals surface area contributed by atoms with E-state index in [0.717, 1.165) is 0 Å². The van der Waals surface area contributed by atoms with Crippen LogP contribution in [-0.4, -0.2) is 63.7 Å². The number of aromatic hydroxyl groups is 1. The number of carbonyl (C=O) groups is 4. The summed E-state index contributed by atoms with van der Waals surface area (Å²) in [6.45, 7) is 6.33. The van der Waals surface area contributed by atoms with Crippen LogP contribution >= 0.6 is 0 Å². The van der Waals surface area contributed by atoms with Gasteiger partial charge in [-0.3, -0.25) is 14.4 Å². The third-order valence-electron chi connectivity index (χ3n) is 4.50. The van der Waals surface area contributed by atoms with Crippen molar-refractivity contribution in [1.29, 1.82) is 0 Å². The lowest BCUT2D eigenvalue weighted by Crippen LogP contribution is -2.57. The van der Waals surface area contributed by atoms with Gasteiger partial charge in [-0.15, -0.1) is 0 Å². The van der Waals surface area contributed by atoms with Crippen molar-refractivity contribution < 1.29 is 34.5 Å². The van der Waals surface area contributed by atoms with Gasteiger partial charge in [-0.25, -0.2) is 4.79 Å². The van der Waals surface area contributed by atoms with Gasteiger partial charge in [0.2, 0.25) is 11.8 Å². The van der Waals surface area contributed by atoms with Crippen molar-refractivity contribution in [2.45, 2.75) is 52.2 Å². The van der Waals surface area contributed by atoms with E-state index in [2.05, 4.69) is 16.0 Å². The molecule has 1 aromatic carbocycles. The largest absolute Gasteiger partial charge is 0.508 e. The van der Waals surface area contributed by atoms with Gasteiger partial charge in [0.05, 0.1) is 6.61 Å². The molecule has 172 valence electrons. The fraction of sp³-hybridized carbons (Fsp3) is 0.524. The van der Waals surface area contributed by atoms with Gasteiger partial charge in [-0.1, -0.05) is 27.7 Å². The molecule has 10 nitrogen and oxygen atoms in total. The first-order valence-electron chi connectivity index (χ1n) is 10.0. The van der Waals surface area contributed by atoms with Gasteiger partial charge in [0.1, 0.15) is 23.9 Å². The number of hydrogen-bond acceptors (Lipinski definition) is 6. The third-order valence-corrected chi connectivity index (χ3v) is 4.50. The maximum absolute atomic E-state index is 12.9. The number of benzene rings is 1. The number of carboxylic acid groups (broad SMARTS) is 1. The Labute approximate surface area is 181 Å². The van der Waals surface area contributed by atoms with Crippen LogP contribution in [0, 0.1) is 11.8 Å². The van der Waals surface area contributed by atoms with E-state index in [4.69, 9.17) is 10.2 Å². The highest BCUT2D eigenvalue weighted by Gasteiger charge is 2.31. The standard InChI is InChI=1S/C21H31N3O7/c1-11(2)9-15(19(28)23-16(10-25)21(30)31)22-20(29)17(12(3)4)24-18(27)13-5-7-14(26)8-6-13/h5-8,11-12,15-17,25-26H,9-10H2,1-4H3,(H,22,29)(H,23,28)(H,24,27)(H,30,31)/t15-,16-,17-/m0/s1. The third kappa shape index (κ3) is 8.25. The number of phenolic OH excluding ortho intramolecular Hbond substituents is 1. The van der Waals surface area contributed by atoms with E-state index in [1.165, 1.54) is 24.3 Å². The molecule has 0 aromatic heterocycles. The first-order chi connectivity index (χ1) is 14.5. The van der Waals surface area contributed by atoms with Crippen LogP contribution in [0.2, 0.25) is 0 Å². The summed E-state index contributed by atoms with van der Waals surface area (Å²) in [5, 5.41) is 34.9. The number of aliphatic hydroxyl groups is 1. The summed E-state index contributed by atoms with van der Waals surface area (Å²) >= 11 is 0. The van der Waals surface area contributed by atoms with E-state index in [0.29, 0.717) is 0 Å². The average Bonchev–Trinajstić information content (AvgIpc) is 2.68. The number of amides is 3. The van der Waals surface area contributed by atoms with Gasteiger partial charge < -0.3 is 31.3 Å². The van der Waals surface area contributed by atoms with Crippen molar-refractivity contribution in [3.05, 3.63) is 29.8 Å². The predicted octanol–water partition coefficient (Wildman–Crippen LogP) is 0.239. The molecule has 0 spiro atoms. The molecule has 6 N–H and O–H groups in total. The normalized spacial score (nSPS) is 13.9. The Balaban J connectivity index is 2.95. The summed E-state index contributed by atoms with van der Waals surface area (Å²) in [4.78, 5) is 49.0. The topological polar surface area (TPSA) is 165 Å². The molecule has 0 saturated heterocycles. The van der Waals surface area contributed by atoms with Crippen LogP contribution in [-0.2, 0) is 14.4 Å². The summed E-state index contributed by atoms with van der Waals surface area (Å²) in [7, 11) is 0. The van der Waals surface area contributed by atoms with Gasteiger partial charge in [0, 0.05) is 5.56 Å². The van der Waals surface area contributed by atoms with Crippen LogP contribution in [0.3, 0.4) is 0 Å². The SMILES string of the molecule is CC(C)C[C@H](NC(=O)[C@@H](NC(=O)c1ccc(O)cc1)C(C)C)C(=O)N[C@@H](CO)C(=O)O. The van der Waals surface area contributed by atoms with E-state index >= 15 is 0 Å². The first kappa shape index (κ1) is 25.9. The number of rotatable bonds is 11. The molecule has 10 heteroatoms. The Morgan fingerprint density at radius 3 is 1.87 bits per heavy atom. The molecule has 3 amide bonds. The zero-order chi connectivity index (χ0) is 23.7. The van der Waals surface area contributed by atoms with E-state index in [-0.39, 0.29) is 29.6 Å². The summed E-state index contributed by atoms with van der Waals surface area (Å²) in [6.07, 6.45) is 0.228. The van der Waals surface area contributed by atoms with Crippen molar-refractivity contribution in [3.8, 4) is 5.75 Å². The van der Waals surface area contributed by atoms with Gasteiger partial charge in [-0.05, 0) is 42.5 Å². The number of phenols is 1. The molecule has 0 bridgehead atoms. The molecule has 31 heavy (non-hydrogen) atoms. The minimum absolute atomic E-state index is 0.000198. The zero-order valence-electron chi connectivity index (χ0n) is 18.1. The maximum Gasteiger partial charge on any atom is 0.328 e. The second kappa shape index (κ2) is 11.9. The summed E-state index contributed by atoms with van der Waals surface area (Å²) < 4.78 is 0. The van der Waals surface area contributed by atoms with E-state index in [1.54, 1.807) is 13.8 Å². The minimum Gasteiger partial charge on any atom is -0.508 e. The monoisotopic (exact) mass is 437 g/mol. The Kier molecular flexibility index (Phi) is 9.94. The van der Waals surface area contributed by atoms with Gasteiger partial charge >= 0.3 is 5.97 Å². The van der Waals surface area contributed by atoms with Crippen LogP contribution < -0.4 is 16.0 Å². The lowest BCUT2D eigenvalue weighted by molar-refractivity contribution is -0.143. The minimum atomic E-state index is -1.49. The highest BCUT2D eigenvalue weighted by Crippen LogP contribution is 2.12. The Hall–Kier alpha value is -3.14. The van der Waals surface area contributed by atoms with E-state index in [1.807, 2.05) is 13.8 Å². The predicted molar refractivity (Wildman–Crippen MR) is 112 cm³/mol. The average molecular weight is 437 g/mol. The first-order valence-corrected chi connectivity index (χ1v) is 10.0. The Morgan fingerprint density at radius 2 is 1.42 bits per heavy atom. The fourth-order valence-electron chi connectivity index (χ4n) is 2.79. The molecule has 0 aliphatic rings. The Bertz CT molecular complexity index is 778. The van der Waals surface area contributed by atoms with Crippen LogP contribution in [0.5, 0.6) is 5.75 Å². The van der Waals surface area contributed by atoms with Crippen molar-refractivity contribution in [3.63, 3.8) is 0 Å². The summed E-state index contributed by atoms with van der Waals surface area (Å²) in [5.74, 6) is -3.57. The molecule has 0 fully saturated rings. The van der Waals surface area contributed by atoms with Crippen LogP contribution in [0.1, 0.15) is 44.5 Å². The van der Waals surface area contributed by atoms with E-state index < -0.39 is 48.4 Å². The lowest BCUT2D eigenvalue weighted by Gasteiger charge is -2.26. The number of nitrogens with one attached hydrogen (secondary N) is 3. The zero-order valence-corrected chi connectivity index (χ0v) is 18.1. The van der Waals surface area contributed by atoms with Gasteiger partial charge in [0.25, 0.3) is 5.91 Å².